The summed E-state index contributed by atoms with van der Waals surface area (Å²) >= 11 is 0. The summed E-state index contributed by atoms with van der Waals surface area (Å²) in [6.07, 6.45) is 3.49. The first-order valence-corrected chi connectivity index (χ1v) is 9.56. The summed E-state index contributed by atoms with van der Waals surface area (Å²) in [7, 11) is 1.66. The highest BCUT2D eigenvalue weighted by atomic mass is 19.1. The SMILES string of the molecule is COc1ccc2ccc(-c3nc(-c4ccc(F)cc4)c(-c4ccncc4)[nH]3)cc2c1. The van der Waals surface area contributed by atoms with Gasteiger partial charge in [0.1, 0.15) is 17.4 Å². The van der Waals surface area contributed by atoms with E-state index in [9.17, 15) is 4.39 Å². The minimum atomic E-state index is -0.275. The molecule has 5 heteroatoms. The first-order chi connectivity index (χ1) is 14.7. The first-order valence-electron chi connectivity index (χ1n) is 9.56. The molecular formula is C25H18FN3O. The number of pyridine rings is 1. The number of H-pyrrole nitrogens is 1. The average molecular weight is 395 g/mol. The molecule has 0 bridgehead atoms. The number of imidazole rings is 1. The third-order valence-electron chi connectivity index (χ3n) is 5.11. The second-order valence-corrected chi connectivity index (χ2v) is 6.98. The molecule has 0 saturated heterocycles. The van der Waals surface area contributed by atoms with E-state index in [0.29, 0.717) is 0 Å². The molecule has 30 heavy (non-hydrogen) atoms. The van der Waals surface area contributed by atoms with Crippen LogP contribution in [-0.4, -0.2) is 22.1 Å². The third kappa shape index (κ3) is 3.31. The standard InChI is InChI=1S/C25H18FN3O/c1-30-22-9-6-16-2-3-19(14-20(16)15-22)25-28-23(17-4-7-21(26)8-5-17)24(29-25)18-10-12-27-13-11-18/h2-15H,1H3,(H,28,29). The molecule has 0 aliphatic carbocycles. The molecule has 0 aliphatic heterocycles. The normalized spacial score (nSPS) is 11.0. The largest absolute Gasteiger partial charge is 0.497 e. The minimum Gasteiger partial charge on any atom is -0.497 e. The Morgan fingerprint density at radius 2 is 1.50 bits per heavy atom. The lowest BCUT2D eigenvalue weighted by molar-refractivity contribution is 0.415. The lowest BCUT2D eigenvalue weighted by atomic mass is 10.1. The van der Waals surface area contributed by atoms with Crippen LogP contribution in [-0.2, 0) is 0 Å². The lowest BCUT2D eigenvalue weighted by Crippen LogP contribution is -1.85. The van der Waals surface area contributed by atoms with Crippen molar-refractivity contribution < 1.29 is 9.13 Å². The molecule has 0 spiro atoms. The highest BCUT2D eigenvalue weighted by Crippen LogP contribution is 2.34. The number of benzene rings is 3. The number of aromatic nitrogens is 3. The molecule has 1 N–H and O–H groups in total. The van der Waals surface area contributed by atoms with Crippen molar-refractivity contribution in [2.24, 2.45) is 0 Å². The Labute approximate surface area is 173 Å². The van der Waals surface area contributed by atoms with Crippen LogP contribution in [0.25, 0.3) is 44.7 Å². The molecule has 0 aliphatic rings. The summed E-state index contributed by atoms with van der Waals surface area (Å²) in [5.74, 6) is 1.28. The Kier molecular flexibility index (Phi) is 4.48. The number of hydrogen-bond donors (Lipinski definition) is 1. The zero-order chi connectivity index (χ0) is 20.5. The van der Waals surface area contributed by atoms with E-state index in [4.69, 9.17) is 9.72 Å². The molecule has 0 amide bonds. The molecule has 3 aromatic carbocycles. The maximum absolute atomic E-state index is 13.5. The monoisotopic (exact) mass is 395 g/mol. The van der Waals surface area contributed by atoms with E-state index in [1.165, 1.54) is 12.1 Å². The van der Waals surface area contributed by atoms with Crippen LogP contribution in [0, 0.1) is 5.82 Å². The number of methoxy groups -OCH3 is 1. The van der Waals surface area contributed by atoms with Crippen LogP contribution in [0.15, 0.2) is 85.2 Å². The van der Waals surface area contributed by atoms with E-state index in [0.717, 1.165) is 50.4 Å². The van der Waals surface area contributed by atoms with Crippen molar-refractivity contribution >= 4 is 10.8 Å². The van der Waals surface area contributed by atoms with E-state index in [1.54, 1.807) is 31.6 Å². The molecule has 2 aromatic heterocycles. The number of ether oxygens (including phenoxy) is 1. The van der Waals surface area contributed by atoms with Gasteiger partial charge in [0, 0.05) is 29.1 Å². The molecular weight excluding hydrogens is 377 g/mol. The maximum atomic E-state index is 13.5. The van der Waals surface area contributed by atoms with Gasteiger partial charge >= 0.3 is 0 Å². The van der Waals surface area contributed by atoms with Crippen LogP contribution < -0.4 is 4.74 Å². The maximum Gasteiger partial charge on any atom is 0.138 e. The number of hydrogen-bond acceptors (Lipinski definition) is 3. The van der Waals surface area contributed by atoms with Crippen LogP contribution >= 0.6 is 0 Å². The highest BCUT2D eigenvalue weighted by molar-refractivity contribution is 5.89. The highest BCUT2D eigenvalue weighted by Gasteiger charge is 2.16. The van der Waals surface area contributed by atoms with Gasteiger partial charge in [0.2, 0.25) is 0 Å². The summed E-state index contributed by atoms with van der Waals surface area (Å²) in [4.78, 5) is 12.4. The minimum absolute atomic E-state index is 0.275. The van der Waals surface area contributed by atoms with E-state index in [2.05, 4.69) is 22.1 Å². The summed E-state index contributed by atoms with van der Waals surface area (Å²) in [6, 6.07) is 22.4. The summed E-state index contributed by atoms with van der Waals surface area (Å²) < 4.78 is 18.8. The van der Waals surface area contributed by atoms with Crippen molar-refractivity contribution in [1.29, 1.82) is 0 Å². The van der Waals surface area contributed by atoms with Crippen molar-refractivity contribution in [2.75, 3.05) is 7.11 Å². The van der Waals surface area contributed by atoms with Gasteiger partial charge in [-0.3, -0.25) is 4.98 Å². The zero-order valence-corrected chi connectivity index (χ0v) is 16.3. The van der Waals surface area contributed by atoms with Gasteiger partial charge in [0.15, 0.2) is 0 Å². The fourth-order valence-corrected chi connectivity index (χ4v) is 3.55. The Balaban J connectivity index is 1.67. The molecule has 4 nitrogen and oxygen atoms in total. The van der Waals surface area contributed by atoms with Crippen molar-refractivity contribution in [3.8, 4) is 39.7 Å². The van der Waals surface area contributed by atoms with Crippen LogP contribution in [0.5, 0.6) is 5.75 Å². The van der Waals surface area contributed by atoms with Crippen LogP contribution in [0.2, 0.25) is 0 Å². The molecule has 2 heterocycles. The molecule has 146 valence electrons. The summed E-state index contributed by atoms with van der Waals surface area (Å²) in [5.41, 5.74) is 4.39. The van der Waals surface area contributed by atoms with Gasteiger partial charge in [-0.25, -0.2) is 9.37 Å². The second-order valence-electron chi connectivity index (χ2n) is 6.98. The zero-order valence-electron chi connectivity index (χ0n) is 16.3. The van der Waals surface area contributed by atoms with Gasteiger partial charge < -0.3 is 9.72 Å². The smallest absolute Gasteiger partial charge is 0.138 e. The fourth-order valence-electron chi connectivity index (χ4n) is 3.55. The Bertz CT molecular complexity index is 1330. The lowest BCUT2D eigenvalue weighted by Gasteiger charge is -2.04. The molecule has 5 aromatic rings. The van der Waals surface area contributed by atoms with E-state index in [1.807, 2.05) is 36.4 Å². The Hall–Kier alpha value is -3.99. The van der Waals surface area contributed by atoms with Gasteiger partial charge in [0.05, 0.1) is 18.5 Å². The van der Waals surface area contributed by atoms with Crippen molar-refractivity contribution in [3.05, 3.63) is 91.0 Å². The van der Waals surface area contributed by atoms with Crippen LogP contribution in [0.1, 0.15) is 0 Å². The first kappa shape index (κ1) is 18.1. The Morgan fingerprint density at radius 3 is 2.27 bits per heavy atom. The molecule has 0 atom stereocenters. The van der Waals surface area contributed by atoms with Crippen molar-refractivity contribution in [2.45, 2.75) is 0 Å². The number of nitrogens with one attached hydrogen (secondary N) is 1. The Morgan fingerprint density at radius 1 is 0.767 bits per heavy atom. The number of fused-ring (bicyclic) bond motifs is 1. The van der Waals surface area contributed by atoms with E-state index in [-0.39, 0.29) is 5.82 Å². The molecule has 5 rings (SSSR count). The molecule has 0 unspecified atom stereocenters. The summed E-state index contributed by atoms with van der Waals surface area (Å²) in [6.45, 7) is 0. The van der Waals surface area contributed by atoms with Gasteiger partial charge in [0.25, 0.3) is 0 Å². The molecule has 0 fully saturated rings. The number of rotatable bonds is 4. The topological polar surface area (TPSA) is 50.8 Å². The van der Waals surface area contributed by atoms with Gasteiger partial charge in [-0.05, 0) is 65.4 Å². The van der Waals surface area contributed by atoms with Crippen molar-refractivity contribution in [3.63, 3.8) is 0 Å². The van der Waals surface area contributed by atoms with Crippen molar-refractivity contribution in [1.82, 2.24) is 15.0 Å². The van der Waals surface area contributed by atoms with Gasteiger partial charge in [-0.15, -0.1) is 0 Å². The number of nitrogens with zero attached hydrogens (tertiary/aromatic N) is 2. The van der Waals surface area contributed by atoms with E-state index < -0.39 is 0 Å². The third-order valence-corrected chi connectivity index (χ3v) is 5.11. The number of halogens is 1. The summed E-state index contributed by atoms with van der Waals surface area (Å²) in [5, 5.41) is 2.19. The quantitative estimate of drug-likeness (QED) is 0.400. The second kappa shape index (κ2) is 7.44. The predicted molar refractivity (Wildman–Crippen MR) is 117 cm³/mol. The predicted octanol–water partition coefficient (Wildman–Crippen LogP) is 6.11. The van der Waals surface area contributed by atoms with Crippen LogP contribution in [0.3, 0.4) is 0 Å². The number of aromatic amines is 1. The van der Waals surface area contributed by atoms with Gasteiger partial charge in [-0.2, -0.15) is 0 Å². The molecule has 0 radical (unpaired) electrons. The van der Waals surface area contributed by atoms with E-state index >= 15 is 0 Å². The molecule has 0 saturated carbocycles. The fraction of sp³-hybridized carbons (Fsp3) is 0.0400. The van der Waals surface area contributed by atoms with Gasteiger partial charge in [-0.1, -0.05) is 18.2 Å². The average Bonchev–Trinajstić information content (AvgIpc) is 3.25. The van der Waals surface area contributed by atoms with Crippen LogP contribution in [0.4, 0.5) is 4.39 Å².